The summed E-state index contributed by atoms with van der Waals surface area (Å²) in [5, 5.41) is 0. The second-order valence-electron chi connectivity index (χ2n) is 0.656. The predicted molar refractivity (Wildman–Crippen MR) is 24.7 cm³/mol. The molecule has 0 saturated heterocycles. The van der Waals surface area contributed by atoms with Crippen molar-refractivity contribution in [3.8, 4) is 0 Å². The van der Waals surface area contributed by atoms with Crippen molar-refractivity contribution in [1.29, 1.82) is 0 Å². The summed E-state index contributed by atoms with van der Waals surface area (Å²) in [6.07, 6.45) is 0. The third-order valence-electron chi connectivity index (χ3n) is 0. The van der Waals surface area contributed by atoms with Gasteiger partial charge in [-0.3, -0.25) is 0 Å². The van der Waals surface area contributed by atoms with Crippen LogP contribution in [0.1, 0.15) is 0 Å². The Labute approximate surface area is 103 Å². The number of halogens is 3. The average Bonchev–Trinajstić information content (AvgIpc) is 1.19. The van der Waals surface area contributed by atoms with Crippen LogP contribution in [0.15, 0.2) is 0 Å². The summed E-state index contributed by atoms with van der Waals surface area (Å²) in [5.74, 6) is 0. The van der Waals surface area contributed by atoms with Crippen LogP contribution in [0.3, 0.4) is 0 Å². The molecule has 0 spiro atoms. The van der Waals surface area contributed by atoms with Crippen LogP contribution in [0.5, 0.6) is 0 Å². The van der Waals surface area contributed by atoms with Gasteiger partial charge >= 0.3 is 84.9 Å². The summed E-state index contributed by atoms with van der Waals surface area (Å²) in [7, 11) is -4.64. The van der Waals surface area contributed by atoms with Crippen molar-refractivity contribution in [2.75, 3.05) is 0 Å². The van der Waals surface area contributed by atoms with Crippen LogP contribution >= 0.6 is 7.82 Å². The summed E-state index contributed by atoms with van der Waals surface area (Å²) in [5.41, 5.74) is 0. The molecule has 0 atom stereocenters. The molecule has 0 aliphatic rings. The van der Waals surface area contributed by atoms with Gasteiger partial charge in [0.15, 0.2) is 0 Å². The Morgan fingerprint density at radius 1 is 1.10 bits per heavy atom. The number of rotatable bonds is 0. The van der Waals surface area contributed by atoms with Gasteiger partial charge in [-0.05, 0) is 0 Å². The first-order chi connectivity index (χ1) is 3.73. The second-order valence-corrected chi connectivity index (χ2v) is 2.13. The van der Waals surface area contributed by atoms with E-state index in [1.165, 1.54) is 0 Å². The van der Waals surface area contributed by atoms with Gasteiger partial charge in [0.1, 0.15) is 0 Å². The third kappa shape index (κ3) is 197. The summed E-state index contributed by atoms with van der Waals surface area (Å²) < 4.78 is 38.1. The Bertz CT molecular complexity index is 91.7. The first kappa shape index (κ1) is 18.0. The quantitative estimate of drug-likeness (QED) is 0.409. The maximum atomic E-state index is 9.73. The normalized spacial score (nSPS) is 10.4. The van der Waals surface area contributed by atoms with Crippen molar-refractivity contribution >= 4 is 59.2 Å². The molecule has 0 bridgehead atoms. The van der Waals surface area contributed by atoms with Gasteiger partial charge < -0.3 is 14.7 Å². The molecule has 10 heavy (non-hydrogen) atoms. The standard InChI is InChI=1S/Co.3FH.K.H3O4P.H/c;;;;;1-5(2,3)4;/h;3*1H;;(H3,1,2,3,4);/q+3;;;;;;/p-3. The fraction of sp³-hybridized carbons (Fsp3) is 0. The molecule has 0 fully saturated rings. The number of hydrogen-bond donors (Lipinski definition) is 3. The molecule has 0 amide bonds. The molecular weight excluding hydrogens is 250 g/mol. The summed E-state index contributed by atoms with van der Waals surface area (Å²) in [6.45, 7) is 0. The molecular formula is H4CoF3KO4P. The van der Waals surface area contributed by atoms with Crippen molar-refractivity contribution < 1.29 is 45.0 Å². The van der Waals surface area contributed by atoms with Crippen molar-refractivity contribution in [3.05, 3.63) is 0 Å². The van der Waals surface area contributed by atoms with Crippen molar-refractivity contribution in [2.45, 2.75) is 0 Å². The van der Waals surface area contributed by atoms with Gasteiger partial charge in [-0.2, -0.15) is 0 Å². The molecule has 0 aliphatic heterocycles. The van der Waals surface area contributed by atoms with Gasteiger partial charge in [-0.1, -0.05) is 0 Å². The first-order valence-corrected chi connectivity index (χ1v) is 3.91. The van der Waals surface area contributed by atoms with E-state index in [2.05, 4.69) is 0 Å². The maximum absolute atomic E-state index is 9.73. The van der Waals surface area contributed by atoms with E-state index < -0.39 is 22.8 Å². The van der Waals surface area contributed by atoms with Crippen molar-refractivity contribution in [3.63, 3.8) is 0 Å². The fourth-order valence-electron chi connectivity index (χ4n) is 0. The molecule has 64 valence electrons. The van der Waals surface area contributed by atoms with Gasteiger partial charge in [0.2, 0.25) is 0 Å². The summed E-state index contributed by atoms with van der Waals surface area (Å²) >= 11 is -4.10. The number of phosphoric acid groups is 1. The molecule has 0 aromatic heterocycles. The first-order valence-electron chi connectivity index (χ1n) is 1.16. The van der Waals surface area contributed by atoms with E-state index in [-0.39, 0.29) is 51.4 Å². The molecule has 0 rings (SSSR count). The average molecular weight is 254 g/mol. The van der Waals surface area contributed by atoms with Crippen LogP contribution in [0.4, 0.5) is 10.7 Å². The molecule has 0 unspecified atom stereocenters. The molecule has 0 aromatic carbocycles. The van der Waals surface area contributed by atoms with E-state index in [0.717, 1.165) is 0 Å². The summed E-state index contributed by atoms with van der Waals surface area (Å²) in [4.78, 5) is 21.6. The van der Waals surface area contributed by atoms with Crippen LogP contribution in [-0.4, -0.2) is 66.1 Å². The zero-order chi connectivity index (χ0) is 8.08. The molecule has 10 heteroatoms. The van der Waals surface area contributed by atoms with E-state index in [1.807, 2.05) is 0 Å². The van der Waals surface area contributed by atoms with Gasteiger partial charge in [0, 0.05) is 0 Å². The zero-order valence-corrected chi connectivity index (χ0v) is 5.60. The monoisotopic (exact) mass is 254 g/mol. The van der Waals surface area contributed by atoms with Crippen LogP contribution in [-0.2, 0) is 19.6 Å². The Hall–Kier alpha value is 2.04. The molecule has 3 N–H and O–H groups in total. The Morgan fingerprint density at radius 2 is 1.10 bits per heavy atom. The van der Waals surface area contributed by atoms with Crippen LogP contribution < -0.4 is 0 Å². The molecule has 0 saturated carbocycles. The molecule has 0 radical (unpaired) electrons. The van der Waals surface area contributed by atoms with Crippen molar-refractivity contribution in [2.24, 2.45) is 0 Å². The zero-order valence-electron chi connectivity index (χ0n) is 3.66. The Kier molecular flexibility index (Phi) is 16.4. The topological polar surface area (TPSA) is 77.8 Å². The molecule has 0 aromatic rings. The Balaban J connectivity index is -0.0000000910. The van der Waals surface area contributed by atoms with E-state index in [4.69, 9.17) is 19.2 Å². The van der Waals surface area contributed by atoms with Crippen LogP contribution in [0.2, 0.25) is 0 Å². The number of hydrogen-bond acceptors (Lipinski definition) is 1. The SMILES string of the molecule is O=P(O)(O)O.[F][Co]([F])[F].[KH]. The van der Waals surface area contributed by atoms with E-state index >= 15 is 0 Å². The fourth-order valence-corrected chi connectivity index (χ4v) is 0. The second kappa shape index (κ2) is 9.13. The van der Waals surface area contributed by atoms with E-state index in [1.54, 1.807) is 0 Å². The van der Waals surface area contributed by atoms with Crippen LogP contribution in [0, 0.1) is 0 Å². The van der Waals surface area contributed by atoms with Crippen LogP contribution in [0.25, 0.3) is 0 Å². The van der Waals surface area contributed by atoms with Gasteiger partial charge in [0.25, 0.3) is 0 Å². The van der Waals surface area contributed by atoms with Gasteiger partial charge in [-0.15, -0.1) is 0 Å². The van der Waals surface area contributed by atoms with E-state index in [9.17, 15) is 10.7 Å². The minimum absolute atomic E-state index is 0. The molecule has 4 nitrogen and oxygen atoms in total. The van der Waals surface area contributed by atoms with Gasteiger partial charge in [-0.25, -0.2) is 4.57 Å². The van der Waals surface area contributed by atoms with Gasteiger partial charge in [0.05, 0.1) is 0 Å². The third-order valence-corrected chi connectivity index (χ3v) is 0. The minimum atomic E-state index is -4.64. The summed E-state index contributed by atoms with van der Waals surface area (Å²) in [6, 6.07) is 0. The Morgan fingerprint density at radius 3 is 1.10 bits per heavy atom. The van der Waals surface area contributed by atoms with Crippen molar-refractivity contribution in [1.82, 2.24) is 0 Å². The molecule has 0 heterocycles. The van der Waals surface area contributed by atoms with E-state index in [0.29, 0.717) is 0 Å². The molecule has 0 aliphatic carbocycles. The predicted octanol–water partition coefficient (Wildman–Crippen LogP) is -0.319.